The zero-order valence-electron chi connectivity index (χ0n) is 16.8. The lowest BCUT2D eigenvalue weighted by Crippen LogP contribution is -2.29. The van der Waals surface area contributed by atoms with Crippen LogP contribution >= 0.6 is 11.3 Å². The number of ether oxygens (including phenoxy) is 1. The molecule has 31 heavy (non-hydrogen) atoms. The van der Waals surface area contributed by atoms with Crippen LogP contribution in [0.1, 0.15) is 22.8 Å². The highest BCUT2D eigenvalue weighted by molar-refractivity contribution is 7.08. The fraction of sp³-hybridized carbons (Fsp3) is 0.130. The SMILES string of the molecule is CCn1nc(-c2ccsc2)c(C(=O)OCc2ccccc2)c(Nc2cccnc2)c1=O. The van der Waals surface area contributed by atoms with E-state index in [1.54, 1.807) is 24.5 Å². The number of aromatic nitrogens is 3. The predicted molar refractivity (Wildman–Crippen MR) is 121 cm³/mol. The summed E-state index contributed by atoms with van der Waals surface area (Å²) in [4.78, 5) is 30.4. The monoisotopic (exact) mass is 432 g/mol. The molecule has 0 aliphatic carbocycles. The molecule has 0 aliphatic heterocycles. The number of esters is 1. The molecule has 7 nitrogen and oxygen atoms in total. The Morgan fingerprint density at radius 1 is 1.16 bits per heavy atom. The Morgan fingerprint density at radius 3 is 2.68 bits per heavy atom. The van der Waals surface area contributed by atoms with Gasteiger partial charge in [0.05, 0.1) is 11.9 Å². The van der Waals surface area contributed by atoms with Gasteiger partial charge in [-0.3, -0.25) is 9.78 Å². The molecule has 4 rings (SSSR count). The molecule has 1 N–H and O–H groups in total. The Kier molecular flexibility index (Phi) is 6.18. The first kappa shape index (κ1) is 20.5. The van der Waals surface area contributed by atoms with Crippen molar-refractivity contribution < 1.29 is 9.53 Å². The van der Waals surface area contributed by atoms with Crippen LogP contribution in [0.25, 0.3) is 11.3 Å². The number of aryl methyl sites for hydroxylation is 1. The number of hydrogen-bond acceptors (Lipinski definition) is 7. The summed E-state index contributed by atoms with van der Waals surface area (Å²) in [6.07, 6.45) is 3.22. The van der Waals surface area contributed by atoms with Crippen LogP contribution in [0.2, 0.25) is 0 Å². The molecule has 0 saturated heterocycles. The van der Waals surface area contributed by atoms with E-state index in [9.17, 15) is 9.59 Å². The average Bonchev–Trinajstić information content (AvgIpc) is 3.35. The van der Waals surface area contributed by atoms with E-state index in [4.69, 9.17) is 4.74 Å². The zero-order chi connectivity index (χ0) is 21.6. The van der Waals surface area contributed by atoms with Crippen molar-refractivity contribution in [2.75, 3.05) is 5.32 Å². The number of carbonyl (C=O) groups is 1. The van der Waals surface area contributed by atoms with Crippen LogP contribution in [0.4, 0.5) is 11.4 Å². The van der Waals surface area contributed by atoms with E-state index in [-0.39, 0.29) is 17.9 Å². The molecule has 0 bridgehead atoms. The van der Waals surface area contributed by atoms with Gasteiger partial charge in [0.2, 0.25) is 0 Å². The third-order valence-corrected chi connectivity index (χ3v) is 5.28. The third kappa shape index (κ3) is 4.54. The number of anilines is 2. The van der Waals surface area contributed by atoms with E-state index in [1.165, 1.54) is 16.0 Å². The van der Waals surface area contributed by atoms with Gasteiger partial charge in [-0.1, -0.05) is 30.3 Å². The number of benzene rings is 1. The molecule has 0 aliphatic rings. The van der Waals surface area contributed by atoms with Crippen LogP contribution in [0, 0.1) is 0 Å². The summed E-state index contributed by atoms with van der Waals surface area (Å²) in [6.45, 7) is 2.27. The quantitative estimate of drug-likeness (QED) is 0.433. The molecule has 0 radical (unpaired) electrons. The number of carbonyl (C=O) groups excluding carboxylic acids is 1. The average molecular weight is 433 g/mol. The molecule has 0 spiro atoms. The smallest absolute Gasteiger partial charge is 0.343 e. The molecule has 156 valence electrons. The molecule has 3 aromatic heterocycles. The first-order valence-corrected chi connectivity index (χ1v) is 10.7. The maximum absolute atomic E-state index is 13.2. The largest absolute Gasteiger partial charge is 0.457 e. The van der Waals surface area contributed by atoms with Crippen molar-refractivity contribution >= 4 is 28.7 Å². The van der Waals surface area contributed by atoms with E-state index in [0.717, 1.165) is 11.1 Å². The lowest BCUT2D eigenvalue weighted by molar-refractivity contribution is 0.0474. The Labute approximate surface area is 183 Å². The topological polar surface area (TPSA) is 86.1 Å². The van der Waals surface area contributed by atoms with Crippen LogP contribution in [-0.2, 0) is 17.9 Å². The Hall–Kier alpha value is -3.78. The third-order valence-electron chi connectivity index (χ3n) is 4.60. The van der Waals surface area contributed by atoms with Gasteiger partial charge in [0.15, 0.2) is 0 Å². The summed E-state index contributed by atoms with van der Waals surface area (Å²) in [7, 11) is 0. The van der Waals surface area contributed by atoms with E-state index in [1.807, 2.05) is 54.1 Å². The number of nitrogens with zero attached hydrogens (tertiary/aromatic N) is 3. The van der Waals surface area contributed by atoms with Gasteiger partial charge in [0, 0.05) is 23.7 Å². The minimum Gasteiger partial charge on any atom is -0.457 e. The highest BCUT2D eigenvalue weighted by atomic mass is 32.1. The van der Waals surface area contributed by atoms with E-state index < -0.39 is 11.5 Å². The molecule has 0 atom stereocenters. The fourth-order valence-corrected chi connectivity index (χ4v) is 3.72. The molecule has 0 unspecified atom stereocenters. The standard InChI is InChI=1S/C23H20N4O3S/c1-2-27-22(28)21(25-18-9-6-11-24-13-18)19(20(26-27)17-10-12-31-15-17)23(29)30-14-16-7-4-3-5-8-16/h3-13,15,25H,2,14H2,1H3. The van der Waals surface area contributed by atoms with Gasteiger partial charge in [-0.2, -0.15) is 16.4 Å². The van der Waals surface area contributed by atoms with Crippen molar-refractivity contribution in [3.63, 3.8) is 0 Å². The van der Waals surface area contributed by atoms with Crippen molar-refractivity contribution in [3.05, 3.63) is 93.2 Å². The van der Waals surface area contributed by atoms with Crippen LogP contribution < -0.4 is 10.9 Å². The van der Waals surface area contributed by atoms with Gasteiger partial charge in [-0.15, -0.1) is 0 Å². The molecular weight excluding hydrogens is 412 g/mol. The van der Waals surface area contributed by atoms with Crippen molar-refractivity contribution in [1.29, 1.82) is 0 Å². The Bertz CT molecular complexity index is 1220. The van der Waals surface area contributed by atoms with Crippen molar-refractivity contribution in [2.45, 2.75) is 20.1 Å². The summed E-state index contributed by atoms with van der Waals surface area (Å²) in [6, 6.07) is 14.8. The van der Waals surface area contributed by atoms with E-state index >= 15 is 0 Å². The van der Waals surface area contributed by atoms with Gasteiger partial charge in [0.1, 0.15) is 23.6 Å². The lowest BCUT2D eigenvalue weighted by Gasteiger charge is -2.16. The number of rotatable bonds is 7. The van der Waals surface area contributed by atoms with Crippen molar-refractivity contribution in [1.82, 2.24) is 14.8 Å². The second-order valence-corrected chi connectivity index (χ2v) is 7.44. The first-order valence-electron chi connectivity index (χ1n) is 9.73. The first-order chi connectivity index (χ1) is 15.2. The molecular formula is C23H20N4O3S. The number of nitrogens with one attached hydrogen (secondary N) is 1. The van der Waals surface area contributed by atoms with Crippen LogP contribution in [0.15, 0.2) is 76.5 Å². The van der Waals surface area contributed by atoms with Gasteiger partial charge in [0.25, 0.3) is 5.56 Å². The van der Waals surface area contributed by atoms with Gasteiger partial charge >= 0.3 is 5.97 Å². The molecule has 8 heteroatoms. The molecule has 0 amide bonds. The van der Waals surface area contributed by atoms with Crippen LogP contribution in [-0.4, -0.2) is 20.7 Å². The van der Waals surface area contributed by atoms with Gasteiger partial charge in [-0.25, -0.2) is 9.48 Å². The maximum atomic E-state index is 13.2. The lowest BCUT2D eigenvalue weighted by atomic mass is 10.1. The normalized spacial score (nSPS) is 10.6. The Morgan fingerprint density at radius 2 is 2.00 bits per heavy atom. The second kappa shape index (κ2) is 9.36. The second-order valence-electron chi connectivity index (χ2n) is 6.66. The molecule has 4 aromatic rings. The highest BCUT2D eigenvalue weighted by Gasteiger charge is 2.26. The molecule has 3 heterocycles. The number of hydrogen-bond donors (Lipinski definition) is 1. The van der Waals surface area contributed by atoms with Gasteiger partial charge < -0.3 is 10.1 Å². The summed E-state index contributed by atoms with van der Waals surface area (Å²) in [5, 5.41) is 11.3. The summed E-state index contributed by atoms with van der Waals surface area (Å²) >= 11 is 1.48. The minimum absolute atomic E-state index is 0.0892. The summed E-state index contributed by atoms with van der Waals surface area (Å²) < 4.78 is 6.91. The Balaban J connectivity index is 1.82. The van der Waals surface area contributed by atoms with Gasteiger partial charge in [-0.05, 0) is 36.1 Å². The predicted octanol–water partition coefficient (Wildman–Crippen LogP) is 4.49. The van der Waals surface area contributed by atoms with Crippen LogP contribution in [0.5, 0.6) is 0 Å². The molecule has 0 saturated carbocycles. The molecule has 1 aromatic carbocycles. The summed E-state index contributed by atoms with van der Waals surface area (Å²) in [5.41, 5.74) is 2.39. The maximum Gasteiger partial charge on any atom is 0.343 e. The fourth-order valence-electron chi connectivity index (χ4n) is 3.08. The highest BCUT2D eigenvalue weighted by Crippen LogP contribution is 2.29. The van der Waals surface area contributed by atoms with E-state index in [0.29, 0.717) is 17.9 Å². The molecule has 0 fully saturated rings. The van der Waals surface area contributed by atoms with Crippen molar-refractivity contribution in [3.8, 4) is 11.3 Å². The number of pyridine rings is 1. The minimum atomic E-state index is -0.621. The number of thiophene rings is 1. The van der Waals surface area contributed by atoms with Crippen molar-refractivity contribution in [2.24, 2.45) is 0 Å². The summed E-state index contributed by atoms with van der Waals surface area (Å²) in [5.74, 6) is -0.621. The van der Waals surface area contributed by atoms with Crippen LogP contribution in [0.3, 0.4) is 0 Å². The van der Waals surface area contributed by atoms with E-state index in [2.05, 4.69) is 15.4 Å². The zero-order valence-corrected chi connectivity index (χ0v) is 17.6.